The summed E-state index contributed by atoms with van der Waals surface area (Å²) < 4.78 is 16.1. The topological polar surface area (TPSA) is 94.6 Å². The van der Waals surface area contributed by atoms with Crippen LogP contribution in [0.1, 0.15) is 33.1 Å². The van der Waals surface area contributed by atoms with Gasteiger partial charge in [0, 0.05) is 25.7 Å². The number of thiazole rings is 1. The van der Waals surface area contributed by atoms with E-state index in [-0.39, 0.29) is 0 Å². The molecule has 1 heterocycles. The maximum atomic E-state index is 13.1. The van der Waals surface area contributed by atoms with Gasteiger partial charge in [-0.25, -0.2) is 18.3 Å². The first-order valence-corrected chi connectivity index (χ1v) is 11.2. The fraction of sp³-hybridized carbons (Fsp3) is 0.556. The zero-order valence-electron chi connectivity index (χ0n) is 15.6. The molecule has 1 unspecified atom stereocenters. The molecule has 3 rings (SSSR count). The van der Waals surface area contributed by atoms with E-state index < -0.39 is 17.1 Å². The predicted molar refractivity (Wildman–Crippen MR) is 110 cm³/mol. The molecule has 1 aromatic heterocycles. The number of aromatic nitrogens is 1. The number of rotatable bonds is 10. The maximum Gasteiger partial charge on any atom is 0.404 e. The maximum absolute atomic E-state index is 13.1. The number of hydrogen-bond acceptors (Lipinski definition) is 5. The summed E-state index contributed by atoms with van der Waals surface area (Å²) in [5.41, 5.74) is 0.921. The number of hydrogen-bond donors (Lipinski definition) is 3. The highest BCUT2D eigenvalue weighted by molar-refractivity contribution is 7.82. The van der Waals surface area contributed by atoms with Crippen molar-refractivity contribution in [1.82, 2.24) is 14.6 Å². The van der Waals surface area contributed by atoms with E-state index in [0.717, 1.165) is 20.2 Å². The molecule has 0 saturated heterocycles. The number of carboxylic acid groups (broad SMARTS) is 1. The highest BCUT2D eigenvalue weighted by atomic mass is 32.2. The van der Waals surface area contributed by atoms with E-state index in [4.69, 9.17) is 5.11 Å². The molecule has 1 saturated carbocycles. The molecule has 0 radical (unpaired) electrons. The standard InChI is InChI=1S/C18H26N4O3S2/c1-12(2)11-22(9-3-8-19-18(23)24)27(25)14-6-7-15-16(10-14)26-17(21-15)20-13-4-5-13/h6-7,10,12-13,19H,3-5,8-9,11H2,1-2H3,(H,20,21)(H,23,24). The summed E-state index contributed by atoms with van der Waals surface area (Å²) >= 11 is 1.60. The number of nitrogens with one attached hydrogen (secondary N) is 2. The van der Waals surface area contributed by atoms with Crippen molar-refractivity contribution in [3.63, 3.8) is 0 Å². The Balaban J connectivity index is 1.69. The van der Waals surface area contributed by atoms with Gasteiger partial charge >= 0.3 is 6.09 Å². The molecule has 9 heteroatoms. The fourth-order valence-corrected chi connectivity index (χ4v) is 5.21. The number of carbonyl (C=O) groups is 1. The van der Waals surface area contributed by atoms with Crippen LogP contribution in [0.25, 0.3) is 10.2 Å². The average Bonchev–Trinajstić information content (AvgIpc) is 3.32. The Bertz CT molecular complexity index is 820. The van der Waals surface area contributed by atoms with Crippen molar-refractivity contribution in [2.75, 3.05) is 25.0 Å². The average molecular weight is 411 g/mol. The molecule has 3 N–H and O–H groups in total. The second-order valence-electron chi connectivity index (χ2n) is 7.18. The van der Waals surface area contributed by atoms with E-state index >= 15 is 0 Å². The van der Waals surface area contributed by atoms with E-state index in [1.165, 1.54) is 12.8 Å². The van der Waals surface area contributed by atoms with Crippen LogP contribution in [-0.2, 0) is 11.0 Å². The molecule has 1 fully saturated rings. The molecule has 0 spiro atoms. The van der Waals surface area contributed by atoms with E-state index in [1.54, 1.807) is 11.3 Å². The lowest BCUT2D eigenvalue weighted by molar-refractivity contribution is 0.194. The Morgan fingerprint density at radius 3 is 2.89 bits per heavy atom. The quantitative estimate of drug-likeness (QED) is 0.521. The van der Waals surface area contributed by atoms with Crippen LogP contribution in [0.15, 0.2) is 23.1 Å². The second-order valence-corrected chi connectivity index (χ2v) is 9.70. The van der Waals surface area contributed by atoms with Crippen LogP contribution >= 0.6 is 11.3 Å². The van der Waals surface area contributed by atoms with Gasteiger partial charge < -0.3 is 15.7 Å². The third-order valence-electron chi connectivity index (χ3n) is 4.13. The third-order valence-corrected chi connectivity index (χ3v) is 6.54. The fourth-order valence-electron chi connectivity index (χ4n) is 2.73. The van der Waals surface area contributed by atoms with Crippen LogP contribution in [0.3, 0.4) is 0 Å². The van der Waals surface area contributed by atoms with E-state index in [2.05, 4.69) is 29.5 Å². The minimum Gasteiger partial charge on any atom is -0.465 e. The van der Waals surface area contributed by atoms with Crippen molar-refractivity contribution >= 4 is 43.8 Å². The van der Waals surface area contributed by atoms with Gasteiger partial charge in [-0.3, -0.25) is 0 Å². The van der Waals surface area contributed by atoms with Gasteiger partial charge in [0.15, 0.2) is 5.13 Å². The van der Waals surface area contributed by atoms with Crippen LogP contribution < -0.4 is 10.6 Å². The Kier molecular flexibility index (Phi) is 6.67. The Morgan fingerprint density at radius 1 is 1.44 bits per heavy atom. The van der Waals surface area contributed by atoms with E-state index in [1.807, 2.05) is 22.5 Å². The molecule has 0 aliphatic heterocycles. The van der Waals surface area contributed by atoms with E-state index in [0.29, 0.717) is 38.0 Å². The minimum absolute atomic E-state index is 0.352. The monoisotopic (exact) mass is 410 g/mol. The van der Waals surface area contributed by atoms with Crippen molar-refractivity contribution in [2.24, 2.45) is 5.92 Å². The zero-order chi connectivity index (χ0) is 19.4. The molecule has 27 heavy (non-hydrogen) atoms. The minimum atomic E-state index is -1.28. The first-order chi connectivity index (χ1) is 12.9. The van der Waals surface area contributed by atoms with Crippen molar-refractivity contribution in [2.45, 2.75) is 44.0 Å². The summed E-state index contributed by atoms with van der Waals surface area (Å²) in [6.07, 6.45) is 1.99. The molecule has 0 bridgehead atoms. The Hall–Kier alpha value is -1.71. The van der Waals surface area contributed by atoms with Crippen LogP contribution in [0, 0.1) is 5.92 Å². The molecule has 148 valence electrons. The molecule has 1 atom stereocenters. The SMILES string of the molecule is CC(C)CN(CCCNC(=O)O)S(=O)c1ccc2nc(NC3CC3)sc2c1. The van der Waals surface area contributed by atoms with Crippen molar-refractivity contribution in [1.29, 1.82) is 0 Å². The van der Waals surface area contributed by atoms with Crippen LogP contribution in [0.5, 0.6) is 0 Å². The van der Waals surface area contributed by atoms with Crippen molar-refractivity contribution in [3.8, 4) is 0 Å². The highest BCUT2D eigenvalue weighted by Crippen LogP contribution is 2.32. The lowest BCUT2D eigenvalue weighted by Crippen LogP contribution is -2.33. The molecule has 1 aliphatic carbocycles. The first kappa shape index (κ1) is 20.0. The van der Waals surface area contributed by atoms with Gasteiger partial charge in [0.25, 0.3) is 0 Å². The number of fused-ring (bicyclic) bond motifs is 1. The number of nitrogens with zero attached hydrogens (tertiary/aromatic N) is 2. The van der Waals surface area contributed by atoms with Gasteiger partial charge in [-0.1, -0.05) is 25.2 Å². The predicted octanol–water partition coefficient (Wildman–Crippen LogP) is 3.51. The first-order valence-electron chi connectivity index (χ1n) is 9.23. The summed E-state index contributed by atoms with van der Waals surface area (Å²) in [5, 5.41) is 15.4. The second kappa shape index (κ2) is 8.99. The van der Waals surface area contributed by atoms with Crippen LogP contribution in [0.4, 0.5) is 9.93 Å². The molecule has 7 nitrogen and oxygen atoms in total. The summed E-state index contributed by atoms with van der Waals surface area (Å²) in [7, 11) is -1.28. The number of anilines is 1. The molecular weight excluding hydrogens is 384 g/mol. The normalized spacial score (nSPS) is 15.4. The lowest BCUT2D eigenvalue weighted by Gasteiger charge is -2.23. The van der Waals surface area contributed by atoms with Gasteiger partial charge in [-0.2, -0.15) is 0 Å². The van der Waals surface area contributed by atoms with Gasteiger partial charge in [0.1, 0.15) is 11.0 Å². The lowest BCUT2D eigenvalue weighted by atomic mass is 10.2. The smallest absolute Gasteiger partial charge is 0.404 e. The largest absolute Gasteiger partial charge is 0.465 e. The van der Waals surface area contributed by atoms with Crippen LogP contribution in [-0.4, -0.2) is 50.4 Å². The van der Waals surface area contributed by atoms with Crippen molar-refractivity contribution < 1.29 is 14.1 Å². The summed E-state index contributed by atoms with van der Waals surface area (Å²) in [6, 6.07) is 6.32. The summed E-state index contributed by atoms with van der Waals surface area (Å²) in [6.45, 7) is 5.78. The van der Waals surface area contributed by atoms with Gasteiger partial charge in [-0.15, -0.1) is 0 Å². The summed E-state index contributed by atoms with van der Waals surface area (Å²) in [4.78, 5) is 15.9. The van der Waals surface area contributed by atoms with Gasteiger partial charge in [-0.05, 0) is 43.4 Å². The van der Waals surface area contributed by atoms with Crippen LogP contribution in [0.2, 0.25) is 0 Å². The molecule has 1 aromatic carbocycles. The molecule has 2 aromatic rings. The third kappa shape index (κ3) is 5.88. The molecule has 1 aliphatic rings. The number of amides is 1. The Labute approximate surface area is 165 Å². The summed E-state index contributed by atoms with van der Waals surface area (Å²) in [5.74, 6) is 0.364. The van der Waals surface area contributed by atoms with Crippen molar-refractivity contribution in [3.05, 3.63) is 18.2 Å². The molecule has 1 amide bonds. The molecular formula is C18H26N4O3S2. The zero-order valence-corrected chi connectivity index (χ0v) is 17.2. The highest BCUT2D eigenvalue weighted by Gasteiger charge is 2.22. The Morgan fingerprint density at radius 2 is 2.22 bits per heavy atom. The van der Waals surface area contributed by atoms with Gasteiger partial charge in [0.2, 0.25) is 0 Å². The number of benzene rings is 1. The van der Waals surface area contributed by atoms with Gasteiger partial charge in [0.05, 0.1) is 15.1 Å². The van der Waals surface area contributed by atoms with E-state index in [9.17, 15) is 9.00 Å².